The molecule has 112 valence electrons. The van der Waals surface area contributed by atoms with Crippen molar-refractivity contribution < 1.29 is 14.0 Å². The Bertz CT molecular complexity index is 747. The maximum atomic E-state index is 12.4. The van der Waals surface area contributed by atoms with Crippen LogP contribution in [0.5, 0.6) is 0 Å². The van der Waals surface area contributed by atoms with Crippen LogP contribution in [0.3, 0.4) is 0 Å². The van der Waals surface area contributed by atoms with Crippen molar-refractivity contribution in [2.24, 2.45) is 0 Å². The Labute approximate surface area is 127 Å². The molecule has 2 heterocycles. The van der Waals surface area contributed by atoms with E-state index >= 15 is 0 Å². The molecule has 1 aromatic carbocycles. The van der Waals surface area contributed by atoms with Gasteiger partial charge in [-0.25, -0.2) is 5.01 Å². The Morgan fingerprint density at radius 3 is 2.45 bits per heavy atom. The van der Waals surface area contributed by atoms with Crippen molar-refractivity contribution in [2.45, 2.75) is 0 Å². The number of anilines is 2. The van der Waals surface area contributed by atoms with Crippen LogP contribution < -0.4 is 15.3 Å². The number of benzene rings is 1. The van der Waals surface area contributed by atoms with E-state index in [-0.39, 0.29) is 5.57 Å². The minimum atomic E-state index is -0.448. The molecule has 0 unspecified atom stereocenters. The molecule has 0 aliphatic carbocycles. The van der Waals surface area contributed by atoms with E-state index in [1.807, 2.05) is 20.2 Å². The molecule has 1 aromatic heterocycles. The molecule has 3 rings (SSSR count). The van der Waals surface area contributed by atoms with Crippen molar-refractivity contribution in [2.75, 3.05) is 24.0 Å². The molecule has 0 saturated carbocycles. The summed E-state index contributed by atoms with van der Waals surface area (Å²) in [5.41, 5.74) is 3.20. The highest BCUT2D eigenvalue weighted by atomic mass is 16.4. The normalized spacial score (nSPS) is 16.3. The van der Waals surface area contributed by atoms with Gasteiger partial charge in [-0.1, -0.05) is 18.2 Å². The van der Waals surface area contributed by atoms with Crippen molar-refractivity contribution in [1.29, 1.82) is 0 Å². The summed E-state index contributed by atoms with van der Waals surface area (Å²) in [4.78, 5) is 26.2. The summed E-state index contributed by atoms with van der Waals surface area (Å²) >= 11 is 0. The first-order valence-corrected chi connectivity index (χ1v) is 6.75. The highest BCUT2D eigenvalue weighted by Gasteiger charge is 2.34. The molecule has 6 nitrogen and oxygen atoms in total. The number of nitrogens with zero attached hydrogens (tertiary/aromatic N) is 2. The van der Waals surface area contributed by atoms with Gasteiger partial charge in [0.2, 0.25) is 0 Å². The van der Waals surface area contributed by atoms with Gasteiger partial charge in [0.15, 0.2) is 5.88 Å². The molecule has 1 saturated heterocycles. The third-order valence-electron chi connectivity index (χ3n) is 3.25. The number of amides is 2. The lowest BCUT2D eigenvalue weighted by Gasteiger charge is -2.13. The predicted molar refractivity (Wildman–Crippen MR) is 83.1 cm³/mol. The van der Waals surface area contributed by atoms with Crippen LogP contribution in [0.2, 0.25) is 0 Å². The average molecular weight is 297 g/mol. The van der Waals surface area contributed by atoms with E-state index in [2.05, 4.69) is 5.43 Å². The Morgan fingerprint density at radius 1 is 1.09 bits per heavy atom. The van der Waals surface area contributed by atoms with Gasteiger partial charge in [0.1, 0.15) is 11.3 Å². The summed E-state index contributed by atoms with van der Waals surface area (Å²) in [6.07, 6.45) is 1.45. The first-order chi connectivity index (χ1) is 10.6. The second kappa shape index (κ2) is 5.40. The minimum absolute atomic E-state index is 0.0449. The minimum Gasteiger partial charge on any atom is -0.441 e. The number of carbonyl (C=O) groups excluding carboxylic acids is 2. The van der Waals surface area contributed by atoms with Gasteiger partial charge >= 0.3 is 0 Å². The van der Waals surface area contributed by atoms with Crippen LogP contribution >= 0.6 is 0 Å². The lowest BCUT2D eigenvalue weighted by Crippen LogP contribution is -2.35. The second-order valence-electron chi connectivity index (χ2n) is 5.05. The van der Waals surface area contributed by atoms with E-state index in [9.17, 15) is 9.59 Å². The van der Waals surface area contributed by atoms with Gasteiger partial charge in [-0.05, 0) is 24.3 Å². The highest BCUT2D eigenvalue weighted by molar-refractivity contribution is 6.31. The maximum Gasteiger partial charge on any atom is 0.282 e. The molecule has 1 aliphatic heterocycles. The number of hydrogen-bond acceptors (Lipinski definition) is 4. The fourth-order valence-corrected chi connectivity index (χ4v) is 2.12. The Hall–Kier alpha value is -3.02. The van der Waals surface area contributed by atoms with Crippen LogP contribution in [0.1, 0.15) is 5.76 Å². The quantitative estimate of drug-likeness (QED) is 0.693. The summed E-state index contributed by atoms with van der Waals surface area (Å²) in [6, 6.07) is 12.4. The summed E-state index contributed by atoms with van der Waals surface area (Å²) in [5, 5.41) is 1.23. The molecule has 6 heteroatoms. The molecule has 0 bridgehead atoms. The number of rotatable bonds is 3. The molecule has 0 atom stereocenters. The molecule has 22 heavy (non-hydrogen) atoms. The summed E-state index contributed by atoms with van der Waals surface area (Å²) in [6.45, 7) is 0. The summed E-state index contributed by atoms with van der Waals surface area (Å²) in [7, 11) is 3.70. The average Bonchev–Trinajstić information content (AvgIpc) is 3.09. The third kappa shape index (κ3) is 2.46. The van der Waals surface area contributed by atoms with Crippen molar-refractivity contribution in [3.8, 4) is 0 Å². The van der Waals surface area contributed by atoms with Gasteiger partial charge in [-0.3, -0.25) is 15.0 Å². The first kappa shape index (κ1) is 13.9. The monoisotopic (exact) mass is 297 g/mol. The Balaban J connectivity index is 1.89. The molecular weight excluding hydrogens is 282 g/mol. The van der Waals surface area contributed by atoms with E-state index in [4.69, 9.17) is 4.42 Å². The smallest absolute Gasteiger partial charge is 0.282 e. The summed E-state index contributed by atoms with van der Waals surface area (Å²) in [5.74, 6) is 0.255. The SMILES string of the molecule is CN(C)c1ccc(/C=C2/C(=O)NN(c3ccccc3)C2=O)o1. The number of nitrogens with one attached hydrogen (secondary N) is 1. The van der Waals surface area contributed by atoms with Gasteiger partial charge in [-0.2, -0.15) is 0 Å². The molecular formula is C16H15N3O3. The van der Waals surface area contributed by atoms with E-state index < -0.39 is 11.8 Å². The third-order valence-corrected chi connectivity index (χ3v) is 3.25. The second-order valence-corrected chi connectivity index (χ2v) is 5.05. The zero-order chi connectivity index (χ0) is 15.7. The fraction of sp³-hybridized carbons (Fsp3) is 0.125. The number of hydrazine groups is 1. The first-order valence-electron chi connectivity index (χ1n) is 6.75. The van der Waals surface area contributed by atoms with Gasteiger partial charge in [0.05, 0.1) is 5.69 Å². The molecule has 2 amide bonds. The summed E-state index contributed by atoms with van der Waals surface area (Å²) < 4.78 is 5.54. The van der Waals surface area contributed by atoms with Crippen LogP contribution in [0, 0.1) is 0 Å². The molecule has 2 aromatic rings. The van der Waals surface area contributed by atoms with Crippen LogP contribution in [0.15, 0.2) is 52.5 Å². The molecule has 1 aliphatic rings. The number of hydrogen-bond donors (Lipinski definition) is 1. The van der Waals surface area contributed by atoms with Crippen LogP contribution in [-0.2, 0) is 9.59 Å². The van der Waals surface area contributed by atoms with Gasteiger partial charge < -0.3 is 9.32 Å². The van der Waals surface area contributed by atoms with E-state index in [0.717, 1.165) is 0 Å². The van der Waals surface area contributed by atoms with E-state index in [1.54, 1.807) is 41.3 Å². The molecule has 1 fully saturated rings. The van der Waals surface area contributed by atoms with Crippen molar-refractivity contribution in [3.63, 3.8) is 0 Å². The largest absolute Gasteiger partial charge is 0.441 e. The van der Waals surface area contributed by atoms with Gasteiger partial charge in [0, 0.05) is 20.2 Å². The van der Waals surface area contributed by atoms with Crippen molar-refractivity contribution >= 4 is 29.5 Å². The number of para-hydroxylation sites is 1. The maximum absolute atomic E-state index is 12.4. The predicted octanol–water partition coefficient (Wildman–Crippen LogP) is 1.81. The molecule has 0 radical (unpaired) electrons. The van der Waals surface area contributed by atoms with Gasteiger partial charge in [-0.15, -0.1) is 0 Å². The zero-order valence-corrected chi connectivity index (χ0v) is 12.2. The highest BCUT2D eigenvalue weighted by Crippen LogP contribution is 2.23. The molecule has 0 spiro atoms. The van der Waals surface area contributed by atoms with Crippen LogP contribution in [0.4, 0.5) is 11.6 Å². The topological polar surface area (TPSA) is 65.8 Å². The van der Waals surface area contributed by atoms with Crippen LogP contribution in [0.25, 0.3) is 6.08 Å². The lowest BCUT2D eigenvalue weighted by molar-refractivity contribution is -0.117. The zero-order valence-electron chi connectivity index (χ0n) is 12.2. The van der Waals surface area contributed by atoms with Gasteiger partial charge in [0.25, 0.3) is 11.8 Å². The van der Waals surface area contributed by atoms with Crippen molar-refractivity contribution in [1.82, 2.24) is 5.43 Å². The van der Waals surface area contributed by atoms with E-state index in [0.29, 0.717) is 17.3 Å². The number of furan rings is 1. The lowest BCUT2D eigenvalue weighted by atomic mass is 10.2. The Kier molecular flexibility index (Phi) is 3.42. The number of carbonyl (C=O) groups is 2. The fourth-order valence-electron chi connectivity index (χ4n) is 2.12. The van der Waals surface area contributed by atoms with Crippen molar-refractivity contribution in [3.05, 3.63) is 53.8 Å². The Morgan fingerprint density at radius 2 is 1.82 bits per heavy atom. The molecule has 1 N–H and O–H groups in total. The van der Waals surface area contributed by atoms with E-state index in [1.165, 1.54) is 11.1 Å². The van der Waals surface area contributed by atoms with Crippen LogP contribution in [-0.4, -0.2) is 25.9 Å². The standard InChI is InChI=1S/C16H15N3O3/c1-18(2)14-9-8-12(22-14)10-13-15(20)17-19(16(13)21)11-6-4-3-5-7-11/h3-10H,1-2H3,(H,17,20)/b13-10-.